The van der Waals surface area contributed by atoms with Crippen LogP contribution in [0, 0.1) is 0 Å². The third-order valence-electron chi connectivity index (χ3n) is 3.28. The zero-order valence-corrected chi connectivity index (χ0v) is 15.0. The topological polar surface area (TPSA) is 105 Å². The van der Waals surface area contributed by atoms with Crippen molar-refractivity contribution in [2.45, 2.75) is 0 Å². The van der Waals surface area contributed by atoms with Crippen LogP contribution >= 0.6 is 0 Å². The molecule has 0 amide bonds. The van der Waals surface area contributed by atoms with Gasteiger partial charge in [-0.25, -0.2) is 19.2 Å². The van der Waals surface area contributed by atoms with E-state index in [1.54, 1.807) is 30.3 Å². The van der Waals surface area contributed by atoms with Crippen LogP contribution < -0.4 is 9.47 Å². The standard InChI is InChI=1S/C20H16O8/c1-25-19(23)13-10-14(20(24)26-2)12-16(11-13)28-18(22)9-8-17(21)27-15-6-4-3-5-7-15/h3-12H,1-2H3/b9-8+. The summed E-state index contributed by atoms with van der Waals surface area (Å²) in [4.78, 5) is 47.0. The van der Waals surface area contributed by atoms with Crippen molar-refractivity contribution in [3.05, 3.63) is 71.8 Å². The maximum absolute atomic E-state index is 11.9. The third kappa shape index (κ3) is 5.80. The molecule has 144 valence electrons. The fraction of sp³-hybridized carbons (Fsp3) is 0.100. The van der Waals surface area contributed by atoms with Crippen molar-refractivity contribution in [3.8, 4) is 11.5 Å². The largest absolute Gasteiger partial charge is 0.465 e. The van der Waals surface area contributed by atoms with Crippen molar-refractivity contribution in [3.63, 3.8) is 0 Å². The molecule has 0 spiro atoms. The quantitative estimate of drug-likeness (QED) is 0.424. The van der Waals surface area contributed by atoms with E-state index < -0.39 is 23.9 Å². The Morgan fingerprint density at radius 1 is 0.679 bits per heavy atom. The Hall–Kier alpha value is -3.94. The van der Waals surface area contributed by atoms with E-state index in [-0.39, 0.29) is 16.9 Å². The van der Waals surface area contributed by atoms with Crippen LogP contribution in [-0.2, 0) is 19.1 Å². The van der Waals surface area contributed by atoms with Gasteiger partial charge in [0.05, 0.1) is 25.3 Å². The number of carbonyl (C=O) groups is 4. The molecule has 0 radical (unpaired) electrons. The summed E-state index contributed by atoms with van der Waals surface area (Å²) < 4.78 is 19.2. The summed E-state index contributed by atoms with van der Waals surface area (Å²) in [6.45, 7) is 0. The number of hydrogen-bond acceptors (Lipinski definition) is 8. The van der Waals surface area contributed by atoms with E-state index in [0.717, 1.165) is 12.2 Å². The summed E-state index contributed by atoms with van der Waals surface area (Å²) in [7, 11) is 2.33. The molecule has 2 aromatic rings. The normalized spacial score (nSPS) is 10.2. The maximum Gasteiger partial charge on any atom is 0.338 e. The van der Waals surface area contributed by atoms with Gasteiger partial charge >= 0.3 is 23.9 Å². The summed E-state index contributed by atoms with van der Waals surface area (Å²) in [6, 6.07) is 12.0. The lowest BCUT2D eigenvalue weighted by molar-refractivity contribution is -0.131. The van der Waals surface area contributed by atoms with Crippen molar-refractivity contribution < 1.29 is 38.1 Å². The lowest BCUT2D eigenvalue weighted by Crippen LogP contribution is -2.11. The minimum absolute atomic E-state index is 0.0133. The fourth-order valence-corrected chi connectivity index (χ4v) is 2.05. The molecule has 0 atom stereocenters. The highest BCUT2D eigenvalue weighted by Crippen LogP contribution is 2.19. The van der Waals surface area contributed by atoms with Crippen molar-refractivity contribution >= 4 is 23.9 Å². The van der Waals surface area contributed by atoms with Gasteiger partial charge in [-0.1, -0.05) is 18.2 Å². The number of para-hydroxylation sites is 1. The van der Waals surface area contributed by atoms with Crippen LogP contribution in [0.1, 0.15) is 20.7 Å². The van der Waals surface area contributed by atoms with Crippen LogP contribution in [0.2, 0.25) is 0 Å². The molecule has 28 heavy (non-hydrogen) atoms. The second kappa shape index (κ2) is 9.67. The van der Waals surface area contributed by atoms with E-state index in [1.165, 1.54) is 32.4 Å². The van der Waals surface area contributed by atoms with Gasteiger partial charge in [-0.2, -0.15) is 0 Å². The molecule has 0 aliphatic rings. The Kier molecular flexibility index (Phi) is 7.04. The van der Waals surface area contributed by atoms with Crippen LogP contribution in [0.15, 0.2) is 60.7 Å². The molecule has 0 N–H and O–H groups in total. The molecule has 2 aromatic carbocycles. The summed E-state index contributed by atoms with van der Waals surface area (Å²) >= 11 is 0. The Morgan fingerprint density at radius 3 is 1.61 bits per heavy atom. The molecule has 0 aromatic heterocycles. The molecule has 0 saturated carbocycles. The number of methoxy groups -OCH3 is 2. The molecule has 2 rings (SSSR count). The molecule has 0 saturated heterocycles. The number of ether oxygens (including phenoxy) is 4. The van der Waals surface area contributed by atoms with Crippen LogP contribution in [0.3, 0.4) is 0 Å². The van der Waals surface area contributed by atoms with Gasteiger partial charge in [0.25, 0.3) is 0 Å². The Morgan fingerprint density at radius 2 is 1.14 bits per heavy atom. The molecule has 0 aliphatic heterocycles. The Labute approximate surface area is 160 Å². The van der Waals surface area contributed by atoms with E-state index >= 15 is 0 Å². The minimum atomic E-state index is -0.914. The zero-order valence-electron chi connectivity index (χ0n) is 15.0. The second-order valence-corrected chi connectivity index (χ2v) is 5.22. The van der Waals surface area contributed by atoms with Gasteiger partial charge in [0.1, 0.15) is 11.5 Å². The minimum Gasteiger partial charge on any atom is -0.465 e. The monoisotopic (exact) mass is 384 g/mol. The Bertz CT molecular complexity index is 881. The van der Waals surface area contributed by atoms with Gasteiger partial charge < -0.3 is 18.9 Å². The van der Waals surface area contributed by atoms with E-state index in [1.807, 2.05) is 0 Å². The predicted octanol–water partition coefficient (Wildman–Crippen LogP) is 2.33. The van der Waals surface area contributed by atoms with Gasteiger partial charge in [-0.3, -0.25) is 0 Å². The van der Waals surface area contributed by atoms with Crippen molar-refractivity contribution in [2.24, 2.45) is 0 Å². The van der Waals surface area contributed by atoms with Crippen LogP contribution in [0.5, 0.6) is 11.5 Å². The van der Waals surface area contributed by atoms with Crippen molar-refractivity contribution in [1.29, 1.82) is 0 Å². The third-order valence-corrected chi connectivity index (χ3v) is 3.28. The van der Waals surface area contributed by atoms with Gasteiger partial charge in [0.2, 0.25) is 0 Å². The second-order valence-electron chi connectivity index (χ2n) is 5.22. The smallest absolute Gasteiger partial charge is 0.338 e. The van der Waals surface area contributed by atoms with Crippen molar-refractivity contribution in [2.75, 3.05) is 14.2 Å². The molecular weight excluding hydrogens is 368 g/mol. The molecule has 0 aliphatic carbocycles. The Balaban J connectivity index is 2.10. The first kappa shape index (κ1) is 20.4. The first-order chi connectivity index (χ1) is 13.4. The summed E-state index contributed by atoms with van der Waals surface area (Å²) in [5, 5.41) is 0. The van der Waals surface area contributed by atoms with Gasteiger partial charge in [0.15, 0.2) is 0 Å². The number of benzene rings is 2. The highest BCUT2D eigenvalue weighted by Gasteiger charge is 2.15. The predicted molar refractivity (Wildman–Crippen MR) is 96.0 cm³/mol. The number of carbonyl (C=O) groups excluding carboxylic acids is 4. The zero-order chi connectivity index (χ0) is 20.5. The molecule has 8 nitrogen and oxygen atoms in total. The SMILES string of the molecule is COC(=O)c1cc(OC(=O)/C=C/C(=O)Oc2ccccc2)cc(C(=O)OC)c1. The van der Waals surface area contributed by atoms with Gasteiger partial charge in [0, 0.05) is 12.2 Å². The lowest BCUT2D eigenvalue weighted by Gasteiger charge is -2.07. The number of rotatable bonds is 6. The first-order valence-corrected chi connectivity index (χ1v) is 7.91. The van der Waals surface area contributed by atoms with E-state index in [9.17, 15) is 19.2 Å². The number of hydrogen-bond donors (Lipinski definition) is 0. The molecule has 0 unspecified atom stereocenters. The van der Waals surface area contributed by atoms with Crippen LogP contribution in [0.25, 0.3) is 0 Å². The highest BCUT2D eigenvalue weighted by molar-refractivity contribution is 5.97. The molecule has 0 fully saturated rings. The van der Waals surface area contributed by atoms with E-state index in [2.05, 4.69) is 9.47 Å². The van der Waals surface area contributed by atoms with Gasteiger partial charge in [-0.15, -0.1) is 0 Å². The first-order valence-electron chi connectivity index (χ1n) is 7.91. The van der Waals surface area contributed by atoms with E-state index in [0.29, 0.717) is 5.75 Å². The summed E-state index contributed by atoms with van der Waals surface area (Å²) in [5.41, 5.74) is -0.0265. The molecule has 0 bridgehead atoms. The van der Waals surface area contributed by atoms with Crippen LogP contribution in [-0.4, -0.2) is 38.1 Å². The summed E-state index contributed by atoms with van der Waals surface area (Å²) in [6.07, 6.45) is 1.74. The fourth-order valence-electron chi connectivity index (χ4n) is 2.05. The molecule has 8 heteroatoms. The van der Waals surface area contributed by atoms with E-state index in [4.69, 9.17) is 9.47 Å². The lowest BCUT2D eigenvalue weighted by atomic mass is 10.1. The highest BCUT2D eigenvalue weighted by atomic mass is 16.5. The summed E-state index contributed by atoms with van der Waals surface area (Å²) in [5.74, 6) is -2.94. The number of esters is 4. The maximum atomic E-state index is 11.9. The van der Waals surface area contributed by atoms with Gasteiger partial charge in [-0.05, 0) is 30.3 Å². The molecule has 0 heterocycles. The average Bonchev–Trinajstić information content (AvgIpc) is 2.71. The molecular formula is C20H16O8. The van der Waals surface area contributed by atoms with Crippen molar-refractivity contribution in [1.82, 2.24) is 0 Å². The average molecular weight is 384 g/mol. The van der Waals surface area contributed by atoms with Crippen LogP contribution in [0.4, 0.5) is 0 Å².